The van der Waals surface area contributed by atoms with E-state index in [1.54, 1.807) is 0 Å². The maximum atomic E-state index is 2.39. The molecule has 2 nitrogen and oxygen atoms in total. The largest absolute Gasteiger partial charge is 0.310 e. The molecule has 0 atom stereocenters. The standard InChI is InChI=1S/C56H40N2/c1-4-18-41(19-5-1)49-28-14-15-31-53(49)54-40-48(58(46-26-8-3-9-27-46)56-33-17-23-43-21-11-13-30-52(43)56)38-39-50(54)44-34-36-47(37-35-44)57(45-24-6-2-7-25-45)55-32-16-22-42-20-10-12-29-51(42)55/h1-40H. The van der Waals surface area contributed by atoms with Gasteiger partial charge in [0.2, 0.25) is 0 Å². The molecule has 0 radical (unpaired) electrons. The highest BCUT2D eigenvalue weighted by Crippen LogP contribution is 2.46. The first-order chi connectivity index (χ1) is 28.8. The van der Waals surface area contributed by atoms with Crippen LogP contribution in [0.4, 0.5) is 34.1 Å². The molecular weight excluding hydrogens is 701 g/mol. The summed E-state index contributed by atoms with van der Waals surface area (Å²) in [6.07, 6.45) is 0. The van der Waals surface area contributed by atoms with E-state index in [1.165, 1.54) is 49.4 Å². The van der Waals surface area contributed by atoms with E-state index in [-0.39, 0.29) is 0 Å². The molecule has 0 spiro atoms. The lowest BCUT2D eigenvalue weighted by Gasteiger charge is -2.28. The van der Waals surface area contributed by atoms with Crippen molar-refractivity contribution < 1.29 is 0 Å². The van der Waals surface area contributed by atoms with Gasteiger partial charge in [0.05, 0.1) is 11.4 Å². The Morgan fingerprint density at radius 3 is 1.21 bits per heavy atom. The summed E-state index contributed by atoms with van der Waals surface area (Å²) in [4.78, 5) is 4.76. The molecule has 274 valence electrons. The number of para-hydroxylation sites is 2. The third kappa shape index (κ3) is 6.57. The molecule has 10 aromatic carbocycles. The van der Waals surface area contributed by atoms with Gasteiger partial charge >= 0.3 is 0 Å². The molecular formula is C56H40N2. The van der Waals surface area contributed by atoms with Gasteiger partial charge in [0.25, 0.3) is 0 Å². The highest BCUT2D eigenvalue weighted by atomic mass is 15.1. The molecule has 2 heteroatoms. The number of hydrogen-bond donors (Lipinski definition) is 0. The lowest BCUT2D eigenvalue weighted by atomic mass is 9.88. The maximum Gasteiger partial charge on any atom is 0.0540 e. The predicted molar refractivity (Wildman–Crippen MR) is 247 cm³/mol. The monoisotopic (exact) mass is 740 g/mol. The van der Waals surface area contributed by atoms with Crippen LogP contribution in [-0.2, 0) is 0 Å². The fourth-order valence-corrected chi connectivity index (χ4v) is 8.34. The highest BCUT2D eigenvalue weighted by molar-refractivity contribution is 6.02. The first kappa shape index (κ1) is 34.8. The molecule has 0 unspecified atom stereocenters. The Hall–Kier alpha value is -7.68. The molecule has 10 rings (SSSR count). The average Bonchev–Trinajstić information content (AvgIpc) is 3.31. The van der Waals surface area contributed by atoms with E-state index in [1.807, 2.05) is 0 Å². The Balaban J connectivity index is 1.16. The van der Waals surface area contributed by atoms with E-state index in [9.17, 15) is 0 Å². The molecule has 0 heterocycles. The van der Waals surface area contributed by atoms with Crippen LogP contribution >= 0.6 is 0 Å². The van der Waals surface area contributed by atoms with E-state index in [2.05, 4.69) is 252 Å². The van der Waals surface area contributed by atoms with Crippen LogP contribution in [0.25, 0.3) is 54.9 Å². The Labute approximate surface area is 340 Å². The zero-order chi connectivity index (χ0) is 38.7. The van der Waals surface area contributed by atoms with Crippen LogP contribution in [0.1, 0.15) is 0 Å². The minimum absolute atomic E-state index is 1.09. The summed E-state index contributed by atoms with van der Waals surface area (Å²) < 4.78 is 0. The molecule has 0 aliphatic rings. The van der Waals surface area contributed by atoms with Crippen LogP contribution in [-0.4, -0.2) is 0 Å². The van der Waals surface area contributed by atoms with Crippen molar-refractivity contribution in [3.8, 4) is 33.4 Å². The van der Waals surface area contributed by atoms with Gasteiger partial charge < -0.3 is 9.80 Å². The Morgan fingerprint density at radius 1 is 0.224 bits per heavy atom. The molecule has 0 saturated heterocycles. The molecule has 0 bridgehead atoms. The van der Waals surface area contributed by atoms with Gasteiger partial charge in [0.1, 0.15) is 0 Å². The molecule has 0 aliphatic heterocycles. The second-order valence-electron chi connectivity index (χ2n) is 14.5. The van der Waals surface area contributed by atoms with Crippen molar-refractivity contribution in [1.82, 2.24) is 0 Å². The minimum atomic E-state index is 1.09. The third-order valence-corrected chi connectivity index (χ3v) is 11.0. The van der Waals surface area contributed by atoms with Crippen LogP contribution in [0.5, 0.6) is 0 Å². The van der Waals surface area contributed by atoms with Crippen LogP contribution in [0.15, 0.2) is 243 Å². The second-order valence-corrected chi connectivity index (χ2v) is 14.5. The molecule has 0 aromatic heterocycles. The number of rotatable bonds is 9. The van der Waals surface area contributed by atoms with E-state index < -0.39 is 0 Å². The van der Waals surface area contributed by atoms with Gasteiger partial charge in [-0.05, 0) is 105 Å². The van der Waals surface area contributed by atoms with Crippen LogP contribution in [0, 0.1) is 0 Å². The van der Waals surface area contributed by atoms with Gasteiger partial charge in [0, 0.05) is 33.5 Å². The summed E-state index contributed by atoms with van der Waals surface area (Å²) in [5.41, 5.74) is 13.7. The molecule has 0 saturated carbocycles. The van der Waals surface area contributed by atoms with Crippen LogP contribution < -0.4 is 9.80 Å². The van der Waals surface area contributed by atoms with E-state index in [0.717, 1.165) is 39.7 Å². The SMILES string of the molecule is c1ccc(-c2ccccc2-c2cc(N(c3ccccc3)c3cccc4ccccc34)ccc2-c2ccc(N(c3ccccc3)c3cccc4ccccc34)cc2)cc1. The third-order valence-electron chi connectivity index (χ3n) is 11.0. The Morgan fingerprint density at radius 2 is 0.621 bits per heavy atom. The summed E-state index contributed by atoms with van der Waals surface area (Å²) in [5.74, 6) is 0. The molecule has 0 fully saturated rings. The molecule has 0 amide bonds. The Bertz CT molecular complexity index is 2980. The minimum Gasteiger partial charge on any atom is -0.310 e. The van der Waals surface area contributed by atoms with Gasteiger partial charge in [0.15, 0.2) is 0 Å². The van der Waals surface area contributed by atoms with Crippen molar-refractivity contribution in [2.45, 2.75) is 0 Å². The number of nitrogens with zero attached hydrogens (tertiary/aromatic N) is 2. The van der Waals surface area contributed by atoms with Crippen molar-refractivity contribution in [2.24, 2.45) is 0 Å². The smallest absolute Gasteiger partial charge is 0.0540 e. The van der Waals surface area contributed by atoms with Crippen molar-refractivity contribution >= 4 is 55.7 Å². The highest BCUT2D eigenvalue weighted by Gasteiger charge is 2.21. The summed E-state index contributed by atoms with van der Waals surface area (Å²) in [5, 5.41) is 4.84. The first-order valence-electron chi connectivity index (χ1n) is 19.9. The van der Waals surface area contributed by atoms with Gasteiger partial charge in [-0.15, -0.1) is 0 Å². The number of benzene rings is 10. The maximum absolute atomic E-state index is 2.39. The molecule has 0 N–H and O–H groups in total. The molecule has 58 heavy (non-hydrogen) atoms. The summed E-state index contributed by atoms with van der Waals surface area (Å²) in [6, 6.07) is 87.3. The average molecular weight is 741 g/mol. The van der Waals surface area contributed by atoms with Crippen molar-refractivity contribution in [3.63, 3.8) is 0 Å². The Kier molecular flexibility index (Phi) is 9.27. The van der Waals surface area contributed by atoms with Crippen LogP contribution in [0.2, 0.25) is 0 Å². The number of hydrogen-bond acceptors (Lipinski definition) is 2. The summed E-state index contributed by atoms with van der Waals surface area (Å²) in [6.45, 7) is 0. The van der Waals surface area contributed by atoms with Crippen LogP contribution in [0.3, 0.4) is 0 Å². The summed E-state index contributed by atoms with van der Waals surface area (Å²) in [7, 11) is 0. The van der Waals surface area contributed by atoms with Gasteiger partial charge in [-0.1, -0.05) is 182 Å². The van der Waals surface area contributed by atoms with Gasteiger partial charge in [-0.25, -0.2) is 0 Å². The van der Waals surface area contributed by atoms with Crippen molar-refractivity contribution in [3.05, 3.63) is 243 Å². The lowest BCUT2D eigenvalue weighted by Crippen LogP contribution is -2.11. The van der Waals surface area contributed by atoms with Crippen molar-refractivity contribution in [2.75, 3.05) is 9.80 Å². The predicted octanol–water partition coefficient (Wildman–Crippen LogP) is 15.9. The lowest BCUT2D eigenvalue weighted by molar-refractivity contribution is 1.29. The fraction of sp³-hybridized carbons (Fsp3) is 0. The normalized spacial score (nSPS) is 11.1. The topological polar surface area (TPSA) is 6.48 Å². The zero-order valence-corrected chi connectivity index (χ0v) is 32.0. The quantitative estimate of drug-likeness (QED) is 0.145. The van der Waals surface area contributed by atoms with E-state index in [0.29, 0.717) is 0 Å². The van der Waals surface area contributed by atoms with E-state index >= 15 is 0 Å². The number of fused-ring (bicyclic) bond motifs is 2. The zero-order valence-electron chi connectivity index (χ0n) is 32.0. The summed E-state index contributed by atoms with van der Waals surface area (Å²) >= 11 is 0. The number of anilines is 6. The molecule has 0 aliphatic carbocycles. The molecule has 10 aromatic rings. The first-order valence-corrected chi connectivity index (χ1v) is 19.9. The second kappa shape index (κ2) is 15.5. The fourth-order valence-electron chi connectivity index (χ4n) is 8.34. The van der Waals surface area contributed by atoms with Gasteiger partial charge in [-0.3, -0.25) is 0 Å². The van der Waals surface area contributed by atoms with E-state index in [4.69, 9.17) is 0 Å². The van der Waals surface area contributed by atoms with Crippen molar-refractivity contribution in [1.29, 1.82) is 0 Å². The van der Waals surface area contributed by atoms with Gasteiger partial charge in [-0.2, -0.15) is 0 Å².